The first-order valence-electron chi connectivity index (χ1n) is 11.1. The van der Waals surface area contributed by atoms with Crippen LogP contribution in [0.2, 0.25) is 0 Å². The van der Waals surface area contributed by atoms with E-state index in [1.54, 1.807) is 40.5 Å². The first kappa shape index (κ1) is 23.5. The van der Waals surface area contributed by atoms with Crippen molar-refractivity contribution in [1.82, 2.24) is 5.32 Å². The monoisotopic (exact) mass is 477 g/mol. The minimum absolute atomic E-state index is 0.0855. The fraction of sp³-hybridized carbons (Fsp3) is 0.269. The van der Waals surface area contributed by atoms with Gasteiger partial charge in [-0.1, -0.05) is 12.1 Å². The third kappa shape index (κ3) is 5.82. The number of benzene rings is 2. The van der Waals surface area contributed by atoms with Crippen molar-refractivity contribution in [1.29, 1.82) is 0 Å². The van der Waals surface area contributed by atoms with Gasteiger partial charge in [-0.3, -0.25) is 14.4 Å². The summed E-state index contributed by atoms with van der Waals surface area (Å²) in [6.45, 7) is 4.71. The molecule has 7 nitrogen and oxygen atoms in total. The van der Waals surface area contributed by atoms with Crippen LogP contribution in [-0.2, 0) is 20.9 Å². The molecule has 0 radical (unpaired) electrons. The summed E-state index contributed by atoms with van der Waals surface area (Å²) < 4.78 is 5.59. The Morgan fingerprint density at radius 1 is 1.09 bits per heavy atom. The lowest BCUT2D eigenvalue weighted by molar-refractivity contribution is -0.126. The molecule has 1 aliphatic heterocycles. The number of rotatable bonds is 8. The maximum absolute atomic E-state index is 12.5. The molecule has 1 fully saturated rings. The van der Waals surface area contributed by atoms with E-state index in [0.29, 0.717) is 24.5 Å². The summed E-state index contributed by atoms with van der Waals surface area (Å²) in [6.07, 6.45) is 0.188. The highest BCUT2D eigenvalue weighted by molar-refractivity contribution is 7.09. The summed E-state index contributed by atoms with van der Waals surface area (Å²) in [7, 11) is 0. The number of aryl methyl sites for hydroxylation is 2. The molecule has 34 heavy (non-hydrogen) atoms. The van der Waals surface area contributed by atoms with Gasteiger partial charge in [0.15, 0.2) is 6.61 Å². The van der Waals surface area contributed by atoms with E-state index in [4.69, 9.17) is 4.74 Å². The van der Waals surface area contributed by atoms with Gasteiger partial charge in [0.25, 0.3) is 5.91 Å². The van der Waals surface area contributed by atoms with Crippen molar-refractivity contribution in [2.24, 2.45) is 5.92 Å². The topological polar surface area (TPSA) is 87.7 Å². The number of anilines is 2. The van der Waals surface area contributed by atoms with Crippen LogP contribution in [0.25, 0.3) is 0 Å². The highest BCUT2D eigenvalue weighted by atomic mass is 32.1. The van der Waals surface area contributed by atoms with Crippen LogP contribution in [0.5, 0.6) is 5.75 Å². The normalized spacial score (nSPS) is 15.3. The number of nitrogens with one attached hydrogen (secondary N) is 2. The lowest BCUT2D eigenvalue weighted by Crippen LogP contribution is -2.32. The van der Waals surface area contributed by atoms with Crippen molar-refractivity contribution in [2.45, 2.75) is 26.8 Å². The molecule has 1 saturated heterocycles. The smallest absolute Gasteiger partial charge is 0.262 e. The molecule has 1 atom stereocenters. The molecule has 0 bridgehead atoms. The van der Waals surface area contributed by atoms with E-state index in [1.165, 1.54) is 0 Å². The molecule has 176 valence electrons. The first-order valence-corrected chi connectivity index (χ1v) is 12.0. The average Bonchev–Trinajstić information content (AvgIpc) is 3.49. The SMILES string of the molecule is Cc1ccc(NC(=O)COc2ccc(N3C[C@H](C(=O)NCc4cccs4)CC3=O)cc2)cc1C. The van der Waals surface area contributed by atoms with E-state index in [0.717, 1.165) is 21.7 Å². The van der Waals surface area contributed by atoms with Crippen molar-refractivity contribution < 1.29 is 19.1 Å². The highest BCUT2D eigenvalue weighted by Crippen LogP contribution is 2.27. The van der Waals surface area contributed by atoms with E-state index >= 15 is 0 Å². The molecule has 4 rings (SSSR count). The number of carbonyl (C=O) groups is 3. The minimum Gasteiger partial charge on any atom is -0.484 e. The predicted molar refractivity (Wildman–Crippen MR) is 133 cm³/mol. The van der Waals surface area contributed by atoms with Crippen LogP contribution in [0.4, 0.5) is 11.4 Å². The van der Waals surface area contributed by atoms with Gasteiger partial charge in [0.05, 0.1) is 12.5 Å². The van der Waals surface area contributed by atoms with Crippen molar-refractivity contribution >= 4 is 40.4 Å². The molecule has 0 unspecified atom stereocenters. The molecular formula is C26H27N3O4S. The van der Waals surface area contributed by atoms with Gasteiger partial charge in [0, 0.05) is 29.2 Å². The molecule has 0 spiro atoms. The molecule has 0 aliphatic carbocycles. The third-order valence-electron chi connectivity index (χ3n) is 5.82. The first-order chi connectivity index (χ1) is 16.4. The third-order valence-corrected chi connectivity index (χ3v) is 6.70. The van der Waals surface area contributed by atoms with Gasteiger partial charge >= 0.3 is 0 Å². The Morgan fingerprint density at radius 2 is 1.88 bits per heavy atom. The maximum atomic E-state index is 12.5. The van der Waals surface area contributed by atoms with Gasteiger partial charge in [0.1, 0.15) is 5.75 Å². The van der Waals surface area contributed by atoms with E-state index < -0.39 is 0 Å². The molecule has 2 aromatic carbocycles. The molecule has 1 aromatic heterocycles. The van der Waals surface area contributed by atoms with Crippen LogP contribution in [0.15, 0.2) is 60.0 Å². The molecule has 1 aliphatic rings. The maximum Gasteiger partial charge on any atom is 0.262 e. The van der Waals surface area contributed by atoms with Crippen molar-refractivity contribution in [3.63, 3.8) is 0 Å². The van der Waals surface area contributed by atoms with Crippen LogP contribution in [0.3, 0.4) is 0 Å². The van der Waals surface area contributed by atoms with Crippen LogP contribution in [-0.4, -0.2) is 30.9 Å². The van der Waals surface area contributed by atoms with E-state index in [9.17, 15) is 14.4 Å². The van der Waals surface area contributed by atoms with Gasteiger partial charge in [-0.05, 0) is 72.8 Å². The average molecular weight is 478 g/mol. The molecule has 2 heterocycles. The summed E-state index contributed by atoms with van der Waals surface area (Å²) in [4.78, 5) is 39.9. The molecule has 3 amide bonds. The van der Waals surface area contributed by atoms with Gasteiger partial charge in [-0.15, -0.1) is 11.3 Å². The van der Waals surface area contributed by atoms with Crippen molar-refractivity contribution in [3.05, 3.63) is 76.0 Å². The Bertz CT molecular complexity index is 1180. The number of nitrogens with zero attached hydrogens (tertiary/aromatic N) is 1. The number of hydrogen-bond donors (Lipinski definition) is 2. The Morgan fingerprint density at radius 3 is 2.59 bits per heavy atom. The fourth-order valence-electron chi connectivity index (χ4n) is 3.75. The summed E-state index contributed by atoms with van der Waals surface area (Å²) in [5.41, 5.74) is 3.70. The molecule has 3 aromatic rings. The number of thiophene rings is 1. The molecule has 2 N–H and O–H groups in total. The van der Waals surface area contributed by atoms with Gasteiger partial charge < -0.3 is 20.3 Å². The van der Waals surface area contributed by atoms with Gasteiger partial charge in [-0.25, -0.2) is 0 Å². The van der Waals surface area contributed by atoms with Crippen molar-refractivity contribution in [3.8, 4) is 5.75 Å². The Kier molecular flexibility index (Phi) is 7.27. The Balaban J connectivity index is 1.27. The zero-order chi connectivity index (χ0) is 24.1. The Labute approximate surface area is 202 Å². The standard InChI is InChI=1S/C26H27N3O4S/c1-17-5-6-20(12-18(17)2)28-24(30)16-33-22-9-7-21(8-10-22)29-15-19(13-25(29)31)26(32)27-14-23-4-3-11-34-23/h3-12,19H,13-16H2,1-2H3,(H,27,32)(H,28,30)/t19-/m1/s1. The number of ether oxygens (including phenoxy) is 1. The van der Waals surface area contributed by atoms with Crippen LogP contribution in [0.1, 0.15) is 22.4 Å². The second-order valence-electron chi connectivity index (χ2n) is 8.33. The lowest BCUT2D eigenvalue weighted by atomic mass is 10.1. The van der Waals surface area contributed by atoms with Crippen LogP contribution in [0, 0.1) is 19.8 Å². The van der Waals surface area contributed by atoms with E-state index in [-0.39, 0.29) is 36.7 Å². The van der Waals surface area contributed by atoms with Gasteiger partial charge in [0.2, 0.25) is 11.8 Å². The lowest BCUT2D eigenvalue weighted by Gasteiger charge is -2.17. The predicted octanol–water partition coefficient (Wildman–Crippen LogP) is 4.05. The van der Waals surface area contributed by atoms with Crippen LogP contribution >= 0.6 is 11.3 Å². The number of hydrogen-bond acceptors (Lipinski definition) is 5. The summed E-state index contributed by atoms with van der Waals surface area (Å²) in [5.74, 6) is -0.302. The zero-order valence-electron chi connectivity index (χ0n) is 19.2. The summed E-state index contributed by atoms with van der Waals surface area (Å²) in [6, 6.07) is 16.6. The Hall–Kier alpha value is -3.65. The number of amides is 3. The highest BCUT2D eigenvalue weighted by Gasteiger charge is 2.35. The summed E-state index contributed by atoms with van der Waals surface area (Å²) in [5, 5.41) is 7.70. The second kappa shape index (κ2) is 10.5. The second-order valence-corrected chi connectivity index (χ2v) is 9.36. The molecule has 8 heteroatoms. The number of carbonyl (C=O) groups excluding carboxylic acids is 3. The molecule has 0 saturated carbocycles. The summed E-state index contributed by atoms with van der Waals surface area (Å²) >= 11 is 1.58. The van der Waals surface area contributed by atoms with E-state index in [1.807, 2.05) is 49.6 Å². The van der Waals surface area contributed by atoms with Crippen molar-refractivity contribution in [2.75, 3.05) is 23.4 Å². The minimum atomic E-state index is -0.377. The largest absolute Gasteiger partial charge is 0.484 e. The fourth-order valence-corrected chi connectivity index (χ4v) is 4.40. The van der Waals surface area contributed by atoms with E-state index in [2.05, 4.69) is 10.6 Å². The zero-order valence-corrected chi connectivity index (χ0v) is 20.0. The van der Waals surface area contributed by atoms with Crippen LogP contribution < -0.4 is 20.3 Å². The van der Waals surface area contributed by atoms with Gasteiger partial charge in [-0.2, -0.15) is 0 Å². The quantitative estimate of drug-likeness (QED) is 0.512. The molecular weight excluding hydrogens is 450 g/mol.